The molecule has 4 heterocycles. The molecule has 1 aromatic carbocycles. The molecule has 1 aliphatic rings. The van der Waals surface area contributed by atoms with E-state index in [0.29, 0.717) is 26.4 Å². The van der Waals surface area contributed by atoms with Gasteiger partial charge in [0.1, 0.15) is 21.6 Å². The van der Waals surface area contributed by atoms with Crippen molar-refractivity contribution in [3.05, 3.63) is 69.5 Å². The first-order valence-electron chi connectivity index (χ1n) is 9.60. The second-order valence-corrected chi connectivity index (χ2v) is 9.11. The molecule has 1 aliphatic heterocycles. The van der Waals surface area contributed by atoms with Crippen molar-refractivity contribution in [3.8, 4) is 10.4 Å². The molecule has 2 N–H and O–H groups in total. The van der Waals surface area contributed by atoms with Crippen LogP contribution in [0.1, 0.15) is 39.6 Å². The summed E-state index contributed by atoms with van der Waals surface area (Å²) in [6, 6.07) is 12.5. The minimum Gasteiger partial charge on any atom is -0.360 e. The molecule has 31 heavy (non-hydrogen) atoms. The normalized spacial score (nSPS) is 16.1. The molecule has 1 amide bonds. The summed E-state index contributed by atoms with van der Waals surface area (Å²) in [5.74, 6) is -0.327. The number of nitrogens with one attached hydrogen (secondary N) is 2. The first-order chi connectivity index (χ1) is 14.8. The van der Waals surface area contributed by atoms with Crippen molar-refractivity contribution in [1.82, 2.24) is 10.3 Å². The minimum absolute atomic E-state index is 0.188. The number of aromatic nitrogens is 1. The van der Waals surface area contributed by atoms with E-state index in [0.717, 1.165) is 29.4 Å². The molecule has 0 bridgehead atoms. The van der Waals surface area contributed by atoms with E-state index >= 15 is 0 Å². The van der Waals surface area contributed by atoms with Gasteiger partial charge in [-0.2, -0.15) is 13.2 Å². The van der Waals surface area contributed by atoms with Crippen LogP contribution in [-0.4, -0.2) is 10.9 Å². The SMILES string of the molecule is CCc1ccc([C@H]2NC(=O)c3sc4nc(C(F)(F)F)cc(-c5cccs5)c4c3N2)cc1. The zero-order chi connectivity index (χ0) is 21.8. The first-order valence-corrected chi connectivity index (χ1v) is 11.3. The lowest BCUT2D eigenvalue weighted by atomic mass is 10.0. The van der Waals surface area contributed by atoms with Gasteiger partial charge in [-0.15, -0.1) is 22.7 Å². The number of fused-ring (bicyclic) bond motifs is 3. The summed E-state index contributed by atoms with van der Waals surface area (Å²) in [6.45, 7) is 2.06. The molecule has 0 radical (unpaired) electrons. The maximum atomic E-state index is 13.5. The Morgan fingerprint density at radius 1 is 1.13 bits per heavy atom. The average molecular weight is 460 g/mol. The summed E-state index contributed by atoms with van der Waals surface area (Å²) in [6.07, 6.45) is -4.16. The van der Waals surface area contributed by atoms with Crippen molar-refractivity contribution in [2.24, 2.45) is 0 Å². The van der Waals surface area contributed by atoms with Crippen LogP contribution in [0.25, 0.3) is 20.7 Å². The lowest BCUT2D eigenvalue weighted by molar-refractivity contribution is -0.140. The maximum Gasteiger partial charge on any atom is 0.433 e. The zero-order valence-corrected chi connectivity index (χ0v) is 17.8. The number of carbonyl (C=O) groups is 1. The number of aryl methyl sites for hydroxylation is 1. The molecule has 0 fully saturated rings. The van der Waals surface area contributed by atoms with Gasteiger partial charge in [0.25, 0.3) is 5.91 Å². The number of rotatable bonds is 3. The van der Waals surface area contributed by atoms with Gasteiger partial charge in [0.05, 0.1) is 5.69 Å². The van der Waals surface area contributed by atoms with Gasteiger partial charge in [0.15, 0.2) is 0 Å². The third-order valence-electron chi connectivity index (χ3n) is 5.23. The van der Waals surface area contributed by atoms with E-state index in [9.17, 15) is 18.0 Å². The van der Waals surface area contributed by atoms with E-state index in [4.69, 9.17) is 0 Å². The summed E-state index contributed by atoms with van der Waals surface area (Å²) in [5, 5.41) is 8.58. The second-order valence-electron chi connectivity index (χ2n) is 7.16. The van der Waals surface area contributed by atoms with Gasteiger partial charge < -0.3 is 10.6 Å². The Labute approximate surface area is 183 Å². The predicted molar refractivity (Wildman–Crippen MR) is 118 cm³/mol. The molecule has 0 unspecified atom stereocenters. The molecule has 9 heteroatoms. The highest BCUT2D eigenvalue weighted by molar-refractivity contribution is 7.21. The number of hydrogen-bond donors (Lipinski definition) is 2. The number of anilines is 1. The molecule has 158 valence electrons. The van der Waals surface area contributed by atoms with Crippen LogP contribution in [0, 0.1) is 0 Å². The van der Waals surface area contributed by atoms with E-state index in [-0.39, 0.29) is 10.7 Å². The van der Waals surface area contributed by atoms with Crippen molar-refractivity contribution < 1.29 is 18.0 Å². The third kappa shape index (κ3) is 3.47. The van der Waals surface area contributed by atoms with Gasteiger partial charge in [0.2, 0.25) is 0 Å². The summed E-state index contributed by atoms with van der Waals surface area (Å²) in [7, 11) is 0. The van der Waals surface area contributed by atoms with Crippen molar-refractivity contribution in [2.75, 3.05) is 5.32 Å². The topological polar surface area (TPSA) is 54.0 Å². The fourth-order valence-corrected chi connectivity index (χ4v) is 5.47. The molecule has 5 rings (SSSR count). The van der Waals surface area contributed by atoms with Crippen LogP contribution >= 0.6 is 22.7 Å². The standard InChI is InChI=1S/C22H16F3N3OS2/c1-2-11-5-7-12(8-6-11)19-27-17-16-13(14-4-3-9-30-14)10-15(22(23,24)25)26-21(16)31-18(17)20(29)28-19/h3-10,19,27H,2H2,1H3,(H,28,29)/t19-/m1/s1. The molecule has 0 spiro atoms. The van der Waals surface area contributed by atoms with Crippen LogP contribution < -0.4 is 10.6 Å². The second kappa shape index (κ2) is 7.35. The van der Waals surface area contributed by atoms with Crippen molar-refractivity contribution in [3.63, 3.8) is 0 Å². The van der Waals surface area contributed by atoms with E-state index in [1.807, 2.05) is 29.6 Å². The van der Waals surface area contributed by atoms with Crippen LogP contribution in [0.2, 0.25) is 0 Å². The van der Waals surface area contributed by atoms with Gasteiger partial charge in [-0.1, -0.05) is 37.3 Å². The smallest absolute Gasteiger partial charge is 0.360 e. The van der Waals surface area contributed by atoms with Crippen LogP contribution in [0.3, 0.4) is 0 Å². The van der Waals surface area contributed by atoms with Crippen LogP contribution in [0.15, 0.2) is 47.8 Å². The largest absolute Gasteiger partial charge is 0.433 e. The Kier molecular flexibility index (Phi) is 4.75. The number of hydrogen-bond acceptors (Lipinski definition) is 5. The van der Waals surface area contributed by atoms with E-state index in [1.54, 1.807) is 12.1 Å². The Balaban J connectivity index is 1.68. The van der Waals surface area contributed by atoms with E-state index in [2.05, 4.69) is 22.5 Å². The average Bonchev–Trinajstić information content (AvgIpc) is 3.41. The fourth-order valence-electron chi connectivity index (χ4n) is 3.66. The first kappa shape index (κ1) is 20.0. The monoisotopic (exact) mass is 459 g/mol. The number of pyridine rings is 1. The highest BCUT2D eigenvalue weighted by Crippen LogP contribution is 2.46. The maximum absolute atomic E-state index is 13.5. The number of alkyl halides is 3. The molecular weight excluding hydrogens is 443 g/mol. The predicted octanol–water partition coefficient (Wildman–Crippen LogP) is 6.46. The highest BCUT2D eigenvalue weighted by atomic mass is 32.1. The molecule has 4 aromatic rings. The summed E-state index contributed by atoms with van der Waals surface area (Å²) in [5.41, 5.74) is 2.03. The number of halogens is 3. The Bertz CT molecular complexity index is 1280. The molecule has 1 atom stereocenters. The summed E-state index contributed by atoms with van der Waals surface area (Å²) >= 11 is 2.32. The van der Waals surface area contributed by atoms with Crippen molar-refractivity contribution >= 4 is 44.5 Å². The van der Waals surface area contributed by atoms with Crippen LogP contribution in [0.4, 0.5) is 18.9 Å². The van der Waals surface area contributed by atoms with Gasteiger partial charge in [-0.3, -0.25) is 4.79 Å². The number of carbonyl (C=O) groups excluding carboxylic acids is 1. The van der Waals surface area contributed by atoms with Gasteiger partial charge in [0, 0.05) is 15.8 Å². The molecule has 3 aromatic heterocycles. The van der Waals surface area contributed by atoms with Gasteiger partial charge in [-0.25, -0.2) is 4.98 Å². The molecular formula is C22H16F3N3OS2. The molecule has 0 saturated heterocycles. The Morgan fingerprint density at radius 2 is 1.90 bits per heavy atom. The lowest BCUT2D eigenvalue weighted by Gasteiger charge is -2.27. The Hall–Kier alpha value is -2.91. The lowest BCUT2D eigenvalue weighted by Crippen LogP contribution is -2.37. The number of benzene rings is 1. The number of amides is 1. The number of thiophene rings is 2. The molecule has 0 saturated carbocycles. The number of nitrogens with zero attached hydrogens (tertiary/aromatic N) is 1. The van der Waals surface area contributed by atoms with Crippen molar-refractivity contribution in [2.45, 2.75) is 25.7 Å². The molecule has 4 nitrogen and oxygen atoms in total. The van der Waals surface area contributed by atoms with Crippen molar-refractivity contribution in [1.29, 1.82) is 0 Å². The summed E-state index contributed by atoms with van der Waals surface area (Å²) < 4.78 is 40.5. The van der Waals surface area contributed by atoms with E-state index in [1.165, 1.54) is 16.9 Å². The Morgan fingerprint density at radius 3 is 2.55 bits per heavy atom. The molecule has 0 aliphatic carbocycles. The van der Waals surface area contributed by atoms with Gasteiger partial charge >= 0.3 is 6.18 Å². The van der Waals surface area contributed by atoms with Crippen LogP contribution in [0.5, 0.6) is 0 Å². The van der Waals surface area contributed by atoms with Crippen LogP contribution in [-0.2, 0) is 12.6 Å². The quantitative estimate of drug-likeness (QED) is 0.370. The minimum atomic E-state index is -4.58. The fraction of sp³-hybridized carbons (Fsp3) is 0.182. The van der Waals surface area contributed by atoms with E-state index < -0.39 is 18.0 Å². The highest BCUT2D eigenvalue weighted by Gasteiger charge is 2.36. The zero-order valence-electron chi connectivity index (χ0n) is 16.2. The third-order valence-corrected chi connectivity index (χ3v) is 7.22. The summed E-state index contributed by atoms with van der Waals surface area (Å²) in [4.78, 5) is 17.9. The van der Waals surface area contributed by atoms with Gasteiger partial charge in [-0.05, 0) is 35.1 Å².